The summed E-state index contributed by atoms with van der Waals surface area (Å²) in [5.74, 6) is -0.498. The average molecular weight is 257 g/mol. The molecule has 0 aliphatic carbocycles. The molecule has 0 aliphatic heterocycles. The van der Waals surface area contributed by atoms with Crippen LogP contribution >= 0.6 is 11.3 Å². The Balaban J connectivity index is 2.46. The Morgan fingerprint density at radius 3 is 2.75 bits per heavy atom. The van der Waals surface area contributed by atoms with E-state index in [-0.39, 0.29) is 30.1 Å². The lowest BCUT2D eigenvalue weighted by molar-refractivity contribution is 0.0992. The van der Waals surface area contributed by atoms with Crippen molar-refractivity contribution in [1.29, 1.82) is 5.26 Å². The van der Waals surface area contributed by atoms with Crippen molar-refractivity contribution in [2.45, 2.75) is 12.8 Å². The molecule has 0 fully saturated rings. The fraction of sp³-hybridized carbons (Fsp3) is 0.400. The highest BCUT2D eigenvalue weighted by Gasteiger charge is 2.14. The van der Waals surface area contributed by atoms with Crippen molar-refractivity contribution >= 4 is 27.0 Å². The highest BCUT2D eigenvalue weighted by molar-refractivity contribution is 7.91. The topological polar surface area (TPSA) is 75.0 Å². The zero-order chi connectivity index (χ0) is 12.0. The van der Waals surface area contributed by atoms with E-state index in [0.717, 1.165) is 0 Å². The minimum atomic E-state index is -3.27. The molecular weight excluding hydrogens is 246 g/mol. The fourth-order valence-electron chi connectivity index (χ4n) is 1.11. The first kappa shape index (κ1) is 12.9. The van der Waals surface area contributed by atoms with Crippen molar-refractivity contribution in [3.05, 3.63) is 22.4 Å². The van der Waals surface area contributed by atoms with Crippen LogP contribution in [0, 0.1) is 11.3 Å². The normalized spacial score (nSPS) is 10.9. The number of thiophene rings is 1. The average Bonchev–Trinajstić information content (AvgIpc) is 2.77. The lowest BCUT2D eigenvalue weighted by atomic mass is 10.3. The zero-order valence-corrected chi connectivity index (χ0v) is 10.2. The molecule has 0 unspecified atom stereocenters. The summed E-state index contributed by atoms with van der Waals surface area (Å²) in [5, 5.41) is 10.1. The van der Waals surface area contributed by atoms with Gasteiger partial charge in [-0.05, 0) is 11.4 Å². The number of carbonyl (C=O) groups excluding carboxylic acids is 1. The monoisotopic (exact) mass is 257 g/mol. The molecule has 0 amide bonds. The Hall–Kier alpha value is -1.19. The number of nitriles is 1. The molecule has 0 atom stereocenters. The number of nitrogens with zero attached hydrogens (tertiary/aromatic N) is 1. The Bertz CT molecular complexity index is 483. The highest BCUT2D eigenvalue weighted by Crippen LogP contribution is 2.12. The van der Waals surface area contributed by atoms with Gasteiger partial charge in [0, 0.05) is 12.8 Å². The van der Waals surface area contributed by atoms with Crippen molar-refractivity contribution in [2.75, 3.05) is 11.5 Å². The summed E-state index contributed by atoms with van der Waals surface area (Å²) < 4.78 is 22.7. The van der Waals surface area contributed by atoms with Gasteiger partial charge in [-0.25, -0.2) is 8.42 Å². The lowest BCUT2D eigenvalue weighted by Gasteiger charge is -2.00. The first-order valence-corrected chi connectivity index (χ1v) is 7.39. The third kappa shape index (κ3) is 4.13. The van der Waals surface area contributed by atoms with E-state index in [1.165, 1.54) is 11.3 Å². The molecule has 0 bridgehead atoms. The van der Waals surface area contributed by atoms with Crippen LogP contribution in [0.5, 0.6) is 0 Å². The van der Waals surface area contributed by atoms with E-state index >= 15 is 0 Å². The third-order valence-electron chi connectivity index (χ3n) is 1.96. The molecule has 6 heteroatoms. The van der Waals surface area contributed by atoms with Gasteiger partial charge in [-0.15, -0.1) is 11.3 Å². The van der Waals surface area contributed by atoms with Crippen LogP contribution in [-0.4, -0.2) is 25.7 Å². The molecule has 0 radical (unpaired) electrons. The largest absolute Gasteiger partial charge is 0.293 e. The maximum Gasteiger partial charge on any atom is 0.173 e. The lowest BCUT2D eigenvalue weighted by Crippen LogP contribution is -2.14. The molecule has 0 saturated heterocycles. The van der Waals surface area contributed by atoms with E-state index in [4.69, 9.17) is 5.26 Å². The van der Waals surface area contributed by atoms with E-state index in [1.807, 2.05) is 0 Å². The number of rotatable bonds is 6. The van der Waals surface area contributed by atoms with E-state index in [2.05, 4.69) is 0 Å². The predicted molar refractivity (Wildman–Crippen MR) is 62.2 cm³/mol. The van der Waals surface area contributed by atoms with Crippen molar-refractivity contribution in [1.82, 2.24) is 0 Å². The molecular formula is C10H11NO3S2. The predicted octanol–water partition coefficient (Wildman–Crippen LogP) is 1.65. The van der Waals surface area contributed by atoms with Crippen LogP contribution in [0.2, 0.25) is 0 Å². The number of Topliss-reactive ketones (excluding diaryl/α,β-unsaturated/α-hetero) is 1. The summed E-state index contributed by atoms with van der Waals surface area (Å²) in [4.78, 5) is 12.1. The van der Waals surface area contributed by atoms with Crippen LogP contribution < -0.4 is 0 Å². The Morgan fingerprint density at radius 1 is 1.44 bits per heavy atom. The minimum Gasteiger partial charge on any atom is -0.293 e. The Morgan fingerprint density at radius 2 is 2.19 bits per heavy atom. The molecule has 1 rings (SSSR count). The number of carbonyl (C=O) groups is 1. The van der Waals surface area contributed by atoms with Crippen LogP contribution in [0.25, 0.3) is 0 Å². The van der Waals surface area contributed by atoms with Crippen LogP contribution in [0.4, 0.5) is 0 Å². The van der Waals surface area contributed by atoms with E-state index in [9.17, 15) is 13.2 Å². The second-order valence-corrected chi connectivity index (χ2v) is 6.46. The van der Waals surface area contributed by atoms with Crippen LogP contribution in [-0.2, 0) is 9.84 Å². The SMILES string of the molecule is N#CCCS(=O)(=O)CCC(=O)c1cccs1. The molecule has 16 heavy (non-hydrogen) atoms. The minimum absolute atomic E-state index is 0.00568. The van der Waals surface area contributed by atoms with E-state index < -0.39 is 9.84 Å². The van der Waals surface area contributed by atoms with E-state index in [0.29, 0.717) is 4.88 Å². The van der Waals surface area contributed by atoms with Gasteiger partial charge in [0.25, 0.3) is 0 Å². The number of sulfone groups is 1. The number of ketones is 1. The second kappa shape index (κ2) is 5.77. The number of hydrogen-bond acceptors (Lipinski definition) is 5. The third-order valence-corrected chi connectivity index (χ3v) is 4.52. The first-order valence-electron chi connectivity index (χ1n) is 4.69. The zero-order valence-electron chi connectivity index (χ0n) is 8.55. The summed E-state index contributed by atoms with van der Waals surface area (Å²) >= 11 is 1.30. The molecule has 0 saturated carbocycles. The van der Waals surface area contributed by atoms with E-state index in [1.54, 1.807) is 23.6 Å². The van der Waals surface area contributed by atoms with Crippen LogP contribution in [0.3, 0.4) is 0 Å². The van der Waals surface area contributed by atoms with Gasteiger partial charge in [-0.3, -0.25) is 4.79 Å². The maximum absolute atomic E-state index is 11.5. The van der Waals surface area contributed by atoms with Gasteiger partial charge >= 0.3 is 0 Å². The summed E-state index contributed by atoms with van der Waals surface area (Å²) in [5.41, 5.74) is 0. The first-order chi connectivity index (χ1) is 7.55. The number of hydrogen-bond donors (Lipinski definition) is 0. The maximum atomic E-state index is 11.5. The van der Waals surface area contributed by atoms with Gasteiger partial charge in [-0.2, -0.15) is 5.26 Å². The van der Waals surface area contributed by atoms with Crippen molar-refractivity contribution in [3.8, 4) is 6.07 Å². The smallest absolute Gasteiger partial charge is 0.173 e. The van der Waals surface area contributed by atoms with Crippen molar-refractivity contribution < 1.29 is 13.2 Å². The molecule has 0 N–H and O–H groups in total. The molecule has 86 valence electrons. The summed E-state index contributed by atoms with van der Waals surface area (Å²) in [7, 11) is -3.27. The fourth-order valence-corrected chi connectivity index (χ4v) is 2.91. The van der Waals surface area contributed by atoms with Crippen LogP contribution in [0.15, 0.2) is 17.5 Å². The van der Waals surface area contributed by atoms with Crippen molar-refractivity contribution in [2.24, 2.45) is 0 Å². The molecule has 1 heterocycles. The second-order valence-electron chi connectivity index (χ2n) is 3.21. The summed E-state index contributed by atoms with van der Waals surface area (Å²) in [6.07, 6.45) is -0.0240. The summed E-state index contributed by atoms with van der Waals surface area (Å²) in [6.45, 7) is 0. The van der Waals surface area contributed by atoms with Gasteiger partial charge in [0.05, 0.1) is 22.5 Å². The summed E-state index contributed by atoms with van der Waals surface area (Å²) in [6, 6.07) is 5.20. The van der Waals surface area contributed by atoms with Crippen LogP contribution in [0.1, 0.15) is 22.5 Å². The molecule has 0 spiro atoms. The van der Waals surface area contributed by atoms with Gasteiger partial charge in [-0.1, -0.05) is 6.07 Å². The molecule has 0 aromatic carbocycles. The quantitative estimate of drug-likeness (QED) is 0.726. The highest BCUT2D eigenvalue weighted by atomic mass is 32.2. The Labute approximate surface area is 98.4 Å². The van der Waals surface area contributed by atoms with Gasteiger partial charge in [0.15, 0.2) is 15.6 Å². The molecule has 1 aromatic rings. The molecule has 1 aromatic heterocycles. The Kier molecular flexibility index (Phi) is 4.65. The van der Waals surface area contributed by atoms with Gasteiger partial charge < -0.3 is 0 Å². The standard InChI is InChI=1S/C10H11NO3S2/c11-5-2-7-16(13,14)8-4-9(12)10-3-1-6-15-10/h1,3,6H,2,4,7-8H2. The molecule has 0 aliphatic rings. The molecule has 4 nitrogen and oxygen atoms in total. The van der Waals surface area contributed by atoms with Crippen molar-refractivity contribution in [3.63, 3.8) is 0 Å². The van der Waals surface area contributed by atoms with Gasteiger partial charge in [0.2, 0.25) is 0 Å². The van der Waals surface area contributed by atoms with Gasteiger partial charge in [0.1, 0.15) is 0 Å².